The van der Waals surface area contributed by atoms with E-state index in [2.05, 4.69) is 43.4 Å². The molecule has 0 saturated heterocycles. The molecule has 0 aliphatic heterocycles. The molecule has 2 nitrogen and oxygen atoms in total. The minimum Gasteiger partial charge on any atom is -0.384 e. The third-order valence-corrected chi connectivity index (χ3v) is 3.47. The topological polar surface area (TPSA) is 21.3 Å². The summed E-state index contributed by atoms with van der Waals surface area (Å²) in [6, 6.07) is 8.59. The standard InChI is InChI=1S/C14H23NOS/c1-12(2)10-15-11-13-6-4-5-7-14(13)17-9-8-16-3/h4-7,12,15H,8-11H2,1-3H3. The summed E-state index contributed by atoms with van der Waals surface area (Å²) < 4.78 is 5.08. The lowest BCUT2D eigenvalue weighted by Gasteiger charge is -2.11. The zero-order valence-corrected chi connectivity index (χ0v) is 11.8. The summed E-state index contributed by atoms with van der Waals surface area (Å²) in [5.74, 6) is 1.71. The first kappa shape index (κ1) is 14.6. The fraction of sp³-hybridized carbons (Fsp3) is 0.571. The highest BCUT2D eigenvalue weighted by Crippen LogP contribution is 2.22. The molecule has 0 unspecified atom stereocenters. The summed E-state index contributed by atoms with van der Waals surface area (Å²) in [6.07, 6.45) is 0. The molecule has 1 rings (SSSR count). The molecule has 1 aromatic rings. The van der Waals surface area contributed by atoms with Crippen LogP contribution in [0.1, 0.15) is 19.4 Å². The summed E-state index contributed by atoms with van der Waals surface area (Å²) in [7, 11) is 1.75. The molecule has 0 aliphatic rings. The number of nitrogens with one attached hydrogen (secondary N) is 1. The molecule has 17 heavy (non-hydrogen) atoms. The van der Waals surface area contributed by atoms with E-state index in [1.807, 2.05) is 11.8 Å². The number of ether oxygens (including phenoxy) is 1. The van der Waals surface area contributed by atoms with Gasteiger partial charge in [-0.1, -0.05) is 32.0 Å². The molecule has 0 aromatic heterocycles. The van der Waals surface area contributed by atoms with Crippen LogP contribution in [0.3, 0.4) is 0 Å². The van der Waals surface area contributed by atoms with Gasteiger partial charge in [0.15, 0.2) is 0 Å². The van der Waals surface area contributed by atoms with Crippen LogP contribution in [0.4, 0.5) is 0 Å². The highest BCUT2D eigenvalue weighted by atomic mass is 32.2. The fourth-order valence-corrected chi connectivity index (χ4v) is 2.49. The van der Waals surface area contributed by atoms with Gasteiger partial charge in [0, 0.05) is 24.3 Å². The molecule has 0 fully saturated rings. The third-order valence-electron chi connectivity index (χ3n) is 2.39. The monoisotopic (exact) mass is 253 g/mol. The average molecular weight is 253 g/mol. The Balaban J connectivity index is 2.46. The number of hydrogen-bond acceptors (Lipinski definition) is 3. The van der Waals surface area contributed by atoms with Crippen LogP contribution < -0.4 is 5.32 Å². The lowest BCUT2D eigenvalue weighted by Crippen LogP contribution is -2.19. The first-order chi connectivity index (χ1) is 8.24. The molecule has 0 atom stereocenters. The highest BCUT2D eigenvalue weighted by Gasteiger charge is 2.02. The molecule has 1 N–H and O–H groups in total. The molecule has 3 heteroatoms. The van der Waals surface area contributed by atoms with Crippen molar-refractivity contribution < 1.29 is 4.74 Å². The Morgan fingerprint density at radius 3 is 2.76 bits per heavy atom. The normalized spacial score (nSPS) is 11.1. The average Bonchev–Trinajstić information content (AvgIpc) is 2.31. The van der Waals surface area contributed by atoms with Crippen molar-refractivity contribution >= 4 is 11.8 Å². The van der Waals surface area contributed by atoms with Gasteiger partial charge in [0.05, 0.1) is 6.61 Å². The zero-order chi connectivity index (χ0) is 12.5. The van der Waals surface area contributed by atoms with E-state index in [9.17, 15) is 0 Å². The Bertz CT molecular complexity index is 315. The van der Waals surface area contributed by atoms with Gasteiger partial charge in [0.2, 0.25) is 0 Å². The number of hydrogen-bond donors (Lipinski definition) is 1. The number of methoxy groups -OCH3 is 1. The van der Waals surface area contributed by atoms with Crippen LogP contribution in [0, 0.1) is 5.92 Å². The number of thioether (sulfide) groups is 1. The smallest absolute Gasteiger partial charge is 0.0556 e. The van der Waals surface area contributed by atoms with Crippen molar-refractivity contribution in [1.82, 2.24) is 5.32 Å². The second-order valence-corrected chi connectivity index (χ2v) is 5.61. The van der Waals surface area contributed by atoms with E-state index in [1.165, 1.54) is 10.5 Å². The SMILES string of the molecule is COCCSc1ccccc1CNCC(C)C. The first-order valence-electron chi connectivity index (χ1n) is 6.14. The summed E-state index contributed by atoms with van der Waals surface area (Å²) in [5.41, 5.74) is 1.38. The highest BCUT2D eigenvalue weighted by molar-refractivity contribution is 7.99. The van der Waals surface area contributed by atoms with E-state index in [1.54, 1.807) is 7.11 Å². The molecule has 0 bridgehead atoms. The third kappa shape index (κ3) is 6.10. The summed E-state index contributed by atoms with van der Waals surface area (Å²) in [4.78, 5) is 1.36. The summed E-state index contributed by atoms with van der Waals surface area (Å²) >= 11 is 1.87. The van der Waals surface area contributed by atoms with Crippen molar-refractivity contribution in [2.45, 2.75) is 25.3 Å². The number of benzene rings is 1. The Morgan fingerprint density at radius 1 is 1.29 bits per heavy atom. The van der Waals surface area contributed by atoms with Gasteiger partial charge in [-0.25, -0.2) is 0 Å². The molecular weight excluding hydrogens is 230 g/mol. The first-order valence-corrected chi connectivity index (χ1v) is 7.13. The van der Waals surface area contributed by atoms with Crippen molar-refractivity contribution in [3.05, 3.63) is 29.8 Å². The van der Waals surface area contributed by atoms with E-state index >= 15 is 0 Å². The van der Waals surface area contributed by atoms with Crippen molar-refractivity contribution in [1.29, 1.82) is 0 Å². The molecule has 0 amide bonds. The van der Waals surface area contributed by atoms with Gasteiger partial charge in [-0.2, -0.15) is 0 Å². The summed E-state index contributed by atoms with van der Waals surface area (Å²) in [6.45, 7) is 7.28. The lowest BCUT2D eigenvalue weighted by molar-refractivity contribution is 0.218. The van der Waals surface area contributed by atoms with E-state index in [4.69, 9.17) is 4.74 Å². The maximum atomic E-state index is 5.08. The second kappa shape index (κ2) is 8.56. The minimum absolute atomic E-state index is 0.698. The molecule has 0 spiro atoms. The van der Waals surface area contributed by atoms with Crippen molar-refractivity contribution in [3.8, 4) is 0 Å². The van der Waals surface area contributed by atoms with Crippen LogP contribution in [0.5, 0.6) is 0 Å². The quantitative estimate of drug-likeness (QED) is 0.568. The largest absolute Gasteiger partial charge is 0.384 e. The fourth-order valence-electron chi connectivity index (χ4n) is 1.52. The predicted molar refractivity (Wildman–Crippen MR) is 75.6 cm³/mol. The Labute approximate surface area is 109 Å². The maximum Gasteiger partial charge on any atom is 0.0556 e. The summed E-state index contributed by atoms with van der Waals surface area (Å²) in [5, 5.41) is 3.49. The van der Waals surface area contributed by atoms with Gasteiger partial charge >= 0.3 is 0 Å². The van der Waals surface area contributed by atoms with Crippen LogP contribution in [-0.4, -0.2) is 26.0 Å². The van der Waals surface area contributed by atoms with E-state index < -0.39 is 0 Å². The van der Waals surface area contributed by atoms with Crippen molar-refractivity contribution in [2.24, 2.45) is 5.92 Å². The predicted octanol–water partition coefficient (Wildman–Crippen LogP) is 3.17. The molecule has 1 aromatic carbocycles. The molecule has 0 heterocycles. The van der Waals surface area contributed by atoms with Crippen molar-refractivity contribution in [2.75, 3.05) is 26.0 Å². The molecule has 0 radical (unpaired) electrons. The van der Waals surface area contributed by atoms with Gasteiger partial charge in [-0.05, 0) is 24.1 Å². The van der Waals surface area contributed by atoms with Crippen LogP contribution in [0.25, 0.3) is 0 Å². The van der Waals surface area contributed by atoms with Crippen LogP contribution in [0.15, 0.2) is 29.2 Å². The Kier molecular flexibility index (Phi) is 7.33. The Morgan fingerprint density at radius 2 is 2.06 bits per heavy atom. The van der Waals surface area contributed by atoms with Crippen LogP contribution >= 0.6 is 11.8 Å². The maximum absolute atomic E-state index is 5.08. The van der Waals surface area contributed by atoms with Gasteiger partial charge in [0.25, 0.3) is 0 Å². The number of rotatable bonds is 8. The van der Waals surface area contributed by atoms with E-state index in [-0.39, 0.29) is 0 Å². The van der Waals surface area contributed by atoms with Crippen LogP contribution in [-0.2, 0) is 11.3 Å². The molecule has 96 valence electrons. The van der Waals surface area contributed by atoms with Gasteiger partial charge in [-0.3, -0.25) is 0 Å². The lowest BCUT2D eigenvalue weighted by atomic mass is 10.2. The van der Waals surface area contributed by atoms with E-state index in [0.717, 1.165) is 25.4 Å². The van der Waals surface area contributed by atoms with Gasteiger partial charge in [-0.15, -0.1) is 11.8 Å². The van der Waals surface area contributed by atoms with E-state index in [0.29, 0.717) is 5.92 Å². The van der Waals surface area contributed by atoms with Crippen molar-refractivity contribution in [3.63, 3.8) is 0 Å². The van der Waals surface area contributed by atoms with Gasteiger partial charge in [0.1, 0.15) is 0 Å². The minimum atomic E-state index is 0.698. The second-order valence-electron chi connectivity index (χ2n) is 4.47. The molecule has 0 aliphatic carbocycles. The van der Waals surface area contributed by atoms with Gasteiger partial charge < -0.3 is 10.1 Å². The van der Waals surface area contributed by atoms with Crippen LogP contribution in [0.2, 0.25) is 0 Å². The molecule has 0 saturated carbocycles. The zero-order valence-electron chi connectivity index (χ0n) is 11.0. The Hall–Kier alpha value is -0.510. The molecular formula is C14H23NOS.